The van der Waals surface area contributed by atoms with Crippen molar-refractivity contribution in [1.29, 1.82) is 0 Å². The molecule has 1 aliphatic rings. The maximum Gasteiger partial charge on any atom is 0.191 e. The maximum absolute atomic E-state index is 4.31. The molecule has 0 bridgehead atoms. The number of hydrogen-bond acceptors (Lipinski definition) is 3. The Morgan fingerprint density at radius 3 is 2.70 bits per heavy atom. The van der Waals surface area contributed by atoms with Gasteiger partial charge in [0.05, 0.1) is 0 Å². The van der Waals surface area contributed by atoms with Crippen molar-refractivity contribution in [2.75, 3.05) is 39.5 Å². The van der Waals surface area contributed by atoms with E-state index in [0.29, 0.717) is 0 Å². The van der Waals surface area contributed by atoms with Crippen LogP contribution in [0.25, 0.3) is 0 Å². The van der Waals surface area contributed by atoms with E-state index in [0.717, 1.165) is 45.1 Å². The molecule has 1 heterocycles. The van der Waals surface area contributed by atoms with E-state index in [1.807, 2.05) is 18.8 Å². The van der Waals surface area contributed by atoms with Gasteiger partial charge in [-0.3, -0.25) is 9.89 Å². The lowest BCUT2D eigenvalue weighted by Crippen LogP contribution is -2.45. The Morgan fingerprint density at radius 1 is 1.26 bits per heavy atom. The van der Waals surface area contributed by atoms with Gasteiger partial charge in [0.1, 0.15) is 0 Å². The first-order chi connectivity index (χ1) is 11.0. The summed E-state index contributed by atoms with van der Waals surface area (Å²) >= 11 is 1.87. The standard InChI is InChI=1S/C18H30N4S/c1-18(2,23-4)14-21-17(19-3)20-10-12-22-11-9-15-7-5-6-8-16(15)13-22/h5-8H,9-14H2,1-4H3,(H2,19,20,21). The zero-order valence-electron chi connectivity index (χ0n) is 14.9. The Morgan fingerprint density at radius 2 is 2.00 bits per heavy atom. The molecule has 23 heavy (non-hydrogen) atoms. The maximum atomic E-state index is 4.31. The van der Waals surface area contributed by atoms with Gasteiger partial charge in [-0.15, -0.1) is 0 Å². The van der Waals surface area contributed by atoms with Gasteiger partial charge in [-0.2, -0.15) is 11.8 Å². The molecular formula is C18H30N4S. The Bertz CT molecular complexity index is 528. The zero-order chi connectivity index (χ0) is 16.7. The molecule has 0 saturated carbocycles. The van der Waals surface area contributed by atoms with Crippen LogP contribution in [-0.2, 0) is 13.0 Å². The van der Waals surface area contributed by atoms with E-state index >= 15 is 0 Å². The number of benzene rings is 1. The Kier molecular flexibility index (Phi) is 6.78. The largest absolute Gasteiger partial charge is 0.355 e. The lowest BCUT2D eigenvalue weighted by atomic mass is 10.00. The summed E-state index contributed by atoms with van der Waals surface area (Å²) in [5, 5.41) is 6.84. The van der Waals surface area contributed by atoms with Crippen molar-refractivity contribution in [1.82, 2.24) is 15.5 Å². The summed E-state index contributed by atoms with van der Waals surface area (Å²) in [6.45, 7) is 9.55. The fourth-order valence-electron chi connectivity index (χ4n) is 2.67. The molecule has 0 unspecified atom stereocenters. The molecule has 1 aromatic rings. The molecule has 0 aliphatic carbocycles. The van der Waals surface area contributed by atoms with Gasteiger partial charge in [0.25, 0.3) is 0 Å². The van der Waals surface area contributed by atoms with Crippen LogP contribution >= 0.6 is 11.8 Å². The Balaban J connectivity index is 1.72. The molecule has 0 atom stereocenters. The van der Waals surface area contributed by atoms with Crippen molar-refractivity contribution in [2.45, 2.75) is 31.6 Å². The highest BCUT2D eigenvalue weighted by molar-refractivity contribution is 7.99. The van der Waals surface area contributed by atoms with Crippen LogP contribution in [0.2, 0.25) is 0 Å². The highest BCUT2D eigenvalue weighted by Crippen LogP contribution is 2.19. The monoisotopic (exact) mass is 334 g/mol. The van der Waals surface area contributed by atoms with Crippen molar-refractivity contribution in [2.24, 2.45) is 4.99 Å². The van der Waals surface area contributed by atoms with Gasteiger partial charge in [0.15, 0.2) is 5.96 Å². The molecule has 0 spiro atoms. The van der Waals surface area contributed by atoms with Crippen LogP contribution in [0, 0.1) is 0 Å². The summed E-state index contributed by atoms with van der Waals surface area (Å²) in [7, 11) is 1.83. The molecule has 0 amide bonds. The number of thioether (sulfide) groups is 1. The van der Waals surface area contributed by atoms with Crippen LogP contribution in [0.4, 0.5) is 0 Å². The number of nitrogens with one attached hydrogen (secondary N) is 2. The zero-order valence-corrected chi connectivity index (χ0v) is 15.7. The summed E-state index contributed by atoms with van der Waals surface area (Å²) in [5.74, 6) is 0.893. The molecule has 5 heteroatoms. The summed E-state index contributed by atoms with van der Waals surface area (Å²) in [6, 6.07) is 8.78. The third-order valence-corrected chi connectivity index (χ3v) is 5.64. The third-order valence-electron chi connectivity index (χ3n) is 4.39. The molecule has 0 fully saturated rings. The molecule has 128 valence electrons. The first-order valence-corrected chi connectivity index (χ1v) is 9.55. The molecule has 0 radical (unpaired) electrons. The quantitative estimate of drug-likeness (QED) is 0.619. The molecule has 0 aromatic heterocycles. The van der Waals surface area contributed by atoms with Crippen LogP contribution in [0.1, 0.15) is 25.0 Å². The van der Waals surface area contributed by atoms with E-state index in [1.54, 1.807) is 0 Å². The number of fused-ring (bicyclic) bond motifs is 1. The van der Waals surface area contributed by atoms with Gasteiger partial charge in [0, 0.05) is 44.5 Å². The second kappa shape index (κ2) is 8.60. The number of guanidine groups is 1. The van der Waals surface area contributed by atoms with Gasteiger partial charge in [-0.1, -0.05) is 24.3 Å². The van der Waals surface area contributed by atoms with E-state index in [9.17, 15) is 0 Å². The van der Waals surface area contributed by atoms with Gasteiger partial charge >= 0.3 is 0 Å². The van der Waals surface area contributed by atoms with E-state index < -0.39 is 0 Å². The van der Waals surface area contributed by atoms with Crippen molar-refractivity contribution < 1.29 is 0 Å². The Hall–Kier alpha value is -1.20. The number of aliphatic imine (C=N–C) groups is 1. The van der Waals surface area contributed by atoms with E-state index in [-0.39, 0.29) is 4.75 Å². The predicted molar refractivity (Wildman–Crippen MR) is 102 cm³/mol. The highest BCUT2D eigenvalue weighted by atomic mass is 32.2. The number of rotatable bonds is 6. The summed E-state index contributed by atoms with van der Waals surface area (Å²) in [5.41, 5.74) is 2.98. The second-order valence-electron chi connectivity index (χ2n) is 6.61. The lowest BCUT2D eigenvalue weighted by Gasteiger charge is -2.29. The summed E-state index contributed by atoms with van der Waals surface area (Å²) < 4.78 is 0.216. The minimum Gasteiger partial charge on any atom is -0.355 e. The third kappa shape index (κ3) is 5.74. The van der Waals surface area contributed by atoms with Gasteiger partial charge in [0.2, 0.25) is 0 Å². The van der Waals surface area contributed by atoms with Crippen LogP contribution < -0.4 is 10.6 Å². The molecule has 4 nitrogen and oxygen atoms in total. The fourth-order valence-corrected chi connectivity index (χ4v) is 2.88. The first kappa shape index (κ1) is 18.1. The SMILES string of the molecule is CN=C(NCCN1CCc2ccccc2C1)NCC(C)(C)SC. The van der Waals surface area contributed by atoms with E-state index in [4.69, 9.17) is 0 Å². The molecule has 1 aromatic carbocycles. The highest BCUT2D eigenvalue weighted by Gasteiger charge is 2.17. The topological polar surface area (TPSA) is 39.7 Å². The van der Waals surface area contributed by atoms with Gasteiger partial charge in [-0.05, 0) is 37.7 Å². The average Bonchev–Trinajstić information content (AvgIpc) is 2.57. The molecule has 2 N–H and O–H groups in total. The van der Waals surface area contributed by atoms with E-state index in [2.05, 4.69) is 64.9 Å². The van der Waals surface area contributed by atoms with Crippen LogP contribution in [0.5, 0.6) is 0 Å². The smallest absolute Gasteiger partial charge is 0.191 e. The van der Waals surface area contributed by atoms with Crippen molar-refractivity contribution in [3.05, 3.63) is 35.4 Å². The van der Waals surface area contributed by atoms with Crippen molar-refractivity contribution >= 4 is 17.7 Å². The van der Waals surface area contributed by atoms with Gasteiger partial charge < -0.3 is 10.6 Å². The second-order valence-corrected chi connectivity index (χ2v) is 8.12. The van der Waals surface area contributed by atoms with Crippen LogP contribution in [0.3, 0.4) is 0 Å². The summed E-state index contributed by atoms with van der Waals surface area (Å²) in [6.07, 6.45) is 3.30. The van der Waals surface area contributed by atoms with Gasteiger partial charge in [-0.25, -0.2) is 0 Å². The van der Waals surface area contributed by atoms with Crippen molar-refractivity contribution in [3.63, 3.8) is 0 Å². The molecule has 2 rings (SSSR count). The van der Waals surface area contributed by atoms with Crippen LogP contribution in [-0.4, -0.2) is 55.1 Å². The van der Waals surface area contributed by atoms with Crippen LogP contribution in [0.15, 0.2) is 29.3 Å². The average molecular weight is 335 g/mol. The lowest BCUT2D eigenvalue weighted by molar-refractivity contribution is 0.258. The molecule has 1 aliphatic heterocycles. The number of nitrogens with zero attached hydrogens (tertiary/aromatic N) is 2. The fraction of sp³-hybridized carbons (Fsp3) is 0.611. The summed E-state index contributed by atoms with van der Waals surface area (Å²) in [4.78, 5) is 6.82. The van der Waals surface area contributed by atoms with Crippen molar-refractivity contribution in [3.8, 4) is 0 Å². The minimum absolute atomic E-state index is 0.216. The number of hydrogen-bond donors (Lipinski definition) is 2. The molecular weight excluding hydrogens is 304 g/mol. The predicted octanol–water partition coefficient (Wildman–Crippen LogP) is 2.35. The Labute approximate surface area is 145 Å². The normalized spacial score (nSPS) is 16.1. The minimum atomic E-state index is 0.216. The van der Waals surface area contributed by atoms with E-state index in [1.165, 1.54) is 11.1 Å². The first-order valence-electron chi connectivity index (χ1n) is 8.33. The molecule has 0 saturated heterocycles.